The highest BCUT2D eigenvalue weighted by atomic mass is 16.1. The molecule has 0 saturated carbocycles. The summed E-state index contributed by atoms with van der Waals surface area (Å²) >= 11 is 0. The summed E-state index contributed by atoms with van der Waals surface area (Å²) in [5.74, 6) is -0.316. The largest absolute Gasteiger partial charge is 0.369 e. The van der Waals surface area contributed by atoms with Crippen LogP contribution in [0.15, 0.2) is 24.3 Å². The number of nitrogens with two attached hydrogens (primary N) is 1. The van der Waals surface area contributed by atoms with E-state index in [9.17, 15) is 4.79 Å². The summed E-state index contributed by atoms with van der Waals surface area (Å²) < 4.78 is 0. The van der Waals surface area contributed by atoms with E-state index in [1.54, 1.807) is 0 Å². The van der Waals surface area contributed by atoms with Crippen LogP contribution in [0.2, 0.25) is 0 Å². The molecule has 0 aliphatic rings. The van der Waals surface area contributed by atoms with Crippen molar-refractivity contribution in [2.24, 2.45) is 16.6 Å². The van der Waals surface area contributed by atoms with Crippen LogP contribution < -0.4 is 5.73 Å². The van der Waals surface area contributed by atoms with Crippen LogP contribution in [-0.4, -0.2) is 10.9 Å². The average molecular weight is 381 g/mol. The van der Waals surface area contributed by atoms with Gasteiger partial charge in [0, 0.05) is 11.4 Å². The van der Waals surface area contributed by atoms with Gasteiger partial charge in [0.25, 0.3) is 0 Å². The lowest BCUT2D eigenvalue weighted by molar-refractivity contribution is -0.117. The number of pyridine rings is 1. The third-order valence-electron chi connectivity index (χ3n) is 4.79. The zero-order valence-corrected chi connectivity index (χ0v) is 18.9. The van der Waals surface area contributed by atoms with Crippen LogP contribution in [0.4, 0.5) is 0 Å². The predicted molar refractivity (Wildman–Crippen MR) is 118 cm³/mol. The summed E-state index contributed by atoms with van der Waals surface area (Å²) in [4.78, 5) is 16.9. The average Bonchev–Trinajstić information content (AvgIpc) is 2.50. The molecule has 0 bridgehead atoms. The molecule has 1 heterocycles. The Hall–Kier alpha value is -2.16. The number of carbonyl (C=O) groups excluding carboxylic acids is 1. The van der Waals surface area contributed by atoms with E-state index in [1.165, 1.54) is 11.1 Å². The first kappa shape index (κ1) is 22.1. The summed E-state index contributed by atoms with van der Waals surface area (Å²) in [6.07, 6.45) is 2.02. The van der Waals surface area contributed by atoms with Gasteiger partial charge in [-0.05, 0) is 59.8 Å². The number of aromatic nitrogens is 1. The second kappa shape index (κ2) is 8.06. The lowest BCUT2D eigenvalue weighted by atomic mass is 9.78. The van der Waals surface area contributed by atoms with Crippen molar-refractivity contribution in [1.29, 1.82) is 0 Å². The number of amides is 1. The maximum Gasteiger partial charge on any atom is 0.221 e. The third kappa shape index (κ3) is 5.92. The van der Waals surface area contributed by atoms with E-state index in [-0.39, 0.29) is 23.2 Å². The topological polar surface area (TPSA) is 56.0 Å². The Balaban J connectivity index is 2.86. The highest BCUT2D eigenvalue weighted by molar-refractivity contribution is 5.82. The molecule has 0 unspecified atom stereocenters. The van der Waals surface area contributed by atoms with Gasteiger partial charge in [-0.25, -0.2) is 0 Å². The van der Waals surface area contributed by atoms with Gasteiger partial charge in [-0.2, -0.15) is 0 Å². The Morgan fingerprint density at radius 2 is 1.43 bits per heavy atom. The van der Waals surface area contributed by atoms with E-state index in [0.717, 1.165) is 40.9 Å². The van der Waals surface area contributed by atoms with E-state index in [2.05, 4.69) is 72.7 Å². The highest BCUT2D eigenvalue weighted by Crippen LogP contribution is 2.37. The van der Waals surface area contributed by atoms with Gasteiger partial charge in [-0.1, -0.05) is 71.4 Å². The van der Waals surface area contributed by atoms with Gasteiger partial charge < -0.3 is 5.73 Å². The van der Waals surface area contributed by atoms with E-state index in [4.69, 9.17) is 10.7 Å². The minimum Gasteiger partial charge on any atom is -0.369 e. The van der Waals surface area contributed by atoms with Gasteiger partial charge in [-0.15, -0.1) is 0 Å². The molecule has 2 N–H and O–H groups in total. The first-order valence-electron chi connectivity index (χ1n) is 10.1. The van der Waals surface area contributed by atoms with Gasteiger partial charge >= 0.3 is 0 Å². The van der Waals surface area contributed by atoms with Crippen LogP contribution in [0.25, 0.3) is 11.1 Å². The second-order valence-electron chi connectivity index (χ2n) is 10.5. The van der Waals surface area contributed by atoms with Crippen LogP contribution in [-0.2, 0) is 24.1 Å². The van der Waals surface area contributed by atoms with Crippen LogP contribution in [0.1, 0.15) is 69.6 Å². The van der Waals surface area contributed by atoms with Gasteiger partial charge in [0.1, 0.15) is 0 Å². The number of aryl methyl sites for hydroxylation is 2. The maximum atomic E-state index is 11.9. The van der Waals surface area contributed by atoms with E-state index in [1.807, 2.05) is 6.92 Å². The molecule has 0 spiro atoms. The Bertz CT molecular complexity index is 850. The molecule has 3 nitrogen and oxygen atoms in total. The molecule has 0 saturated heterocycles. The smallest absolute Gasteiger partial charge is 0.221 e. The quantitative estimate of drug-likeness (QED) is 0.737. The minimum absolute atomic E-state index is 0.104. The van der Waals surface area contributed by atoms with Crippen molar-refractivity contribution in [3.05, 3.63) is 52.3 Å². The molecule has 0 aliphatic heterocycles. The molecule has 1 amide bonds. The van der Waals surface area contributed by atoms with Crippen molar-refractivity contribution < 1.29 is 4.79 Å². The molecule has 2 aromatic rings. The number of carbonyl (C=O) groups is 1. The zero-order valence-electron chi connectivity index (χ0n) is 18.9. The lowest BCUT2D eigenvalue weighted by Crippen LogP contribution is -2.21. The summed E-state index contributed by atoms with van der Waals surface area (Å²) in [6, 6.07) is 8.57. The van der Waals surface area contributed by atoms with Gasteiger partial charge in [0.15, 0.2) is 0 Å². The number of primary amides is 1. The minimum atomic E-state index is -0.316. The first-order valence-corrected chi connectivity index (χ1v) is 10.1. The van der Waals surface area contributed by atoms with Crippen molar-refractivity contribution in [2.75, 3.05) is 0 Å². The summed E-state index contributed by atoms with van der Waals surface area (Å²) in [5, 5.41) is 0. The number of rotatable bonds is 5. The van der Waals surface area contributed by atoms with Crippen LogP contribution >= 0.6 is 0 Å². The molecular weight excluding hydrogens is 344 g/mol. The van der Waals surface area contributed by atoms with E-state index in [0.29, 0.717) is 0 Å². The Labute approximate surface area is 170 Å². The molecule has 2 rings (SSSR count). The Kier molecular flexibility index (Phi) is 6.37. The molecule has 0 aliphatic carbocycles. The van der Waals surface area contributed by atoms with Gasteiger partial charge in [0.2, 0.25) is 5.91 Å². The lowest BCUT2D eigenvalue weighted by Gasteiger charge is -2.28. The summed E-state index contributed by atoms with van der Waals surface area (Å²) in [5.41, 5.74) is 13.6. The highest BCUT2D eigenvalue weighted by Gasteiger charge is 2.26. The van der Waals surface area contributed by atoms with Crippen molar-refractivity contribution in [2.45, 2.75) is 74.7 Å². The molecule has 1 aromatic heterocycles. The fourth-order valence-electron chi connectivity index (χ4n) is 3.67. The fraction of sp³-hybridized carbons (Fsp3) is 0.520. The van der Waals surface area contributed by atoms with Crippen molar-refractivity contribution >= 4 is 5.91 Å². The monoisotopic (exact) mass is 380 g/mol. The summed E-state index contributed by atoms with van der Waals surface area (Å²) in [7, 11) is 0. The second-order valence-corrected chi connectivity index (χ2v) is 10.5. The van der Waals surface area contributed by atoms with E-state index >= 15 is 0 Å². The van der Waals surface area contributed by atoms with Crippen LogP contribution in [0, 0.1) is 24.7 Å². The zero-order chi connectivity index (χ0) is 21.3. The Morgan fingerprint density at radius 3 is 1.89 bits per heavy atom. The van der Waals surface area contributed by atoms with Crippen LogP contribution in [0.3, 0.4) is 0 Å². The molecule has 0 fully saturated rings. The first-order chi connectivity index (χ1) is 12.8. The standard InChI is InChI=1S/C25H36N2O/c1-16-9-11-18(12-10-16)23-19(13-22(26)28)17(2)27-21(15-25(6,7)8)20(23)14-24(3,4)5/h9-12H,13-15H2,1-8H3,(H2,26,28). The predicted octanol–water partition coefficient (Wildman–Crippen LogP) is 5.57. The van der Waals surface area contributed by atoms with Crippen molar-refractivity contribution in [3.63, 3.8) is 0 Å². The van der Waals surface area contributed by atoms with E-state index < -0.39 is 0 Å². The van der Waals surface area contributed by atoms with Gasteiger partial charge in [-0.3, -0.25) is 9.78 Å². The van der Waals surface area contributed by atoms with Crippen molar-refractivity contribution in [1.82, 2.24) is 4.98 Å². The number of hydrogen-bond acceptors (Lipinski definition) is 2. The third-order valence-corrected chi connectivity index (χ3v) is 4.79. The number of benzene rings is 1. The van der Waals surface area contributed by atoms with Crippen molar-refractivity contribution in [3.8, 4) is 11.1 Å². The molecular formula is C25H36N2O. The normalized spacial score (nSPS) is 12.3. The molecule has 0 atom stereocenters. The molecule has 28 heavy (non-hydrogen) atoms. The molecule has 152 valence electrons. The van der Waals surface area contributed by atoms with Crippen LogP contribution in [0.5, 0.6) is 0 Å². The molecule has 0 radical (unpaired) electrons. The Morgan fingerprint density at radius 1 is 0.893 bits per heavy atom. The number of nitrogens with zero attached hydrogens (tertiary/aromatic N) is 1. The SMILES string of the molecule is Cc1ccc(-c2c(CC(N)=O)c(C)nc(CC(C)(C)C)c2CC(C)(C)C)cc1. The fourth-order valence-corrected chi connectivity index (χ4v) is 3.67. The maximum absolute atomic E-state index is 11.9. The molecule has 3 heteroatoms. The summed E-state index contributed by atoms with van der Waals surface area (Å²) in [6.45, 7) is 17.6. The number of hydrogen-bond donors (Lipinski definition) is 1. The molecule has 1 aromatic carbocycles. The van der Waals surface area contributed by atoms with Gasteiger partial charge in [0.05, 0.1) is 6.42 Å².